The monoisotopic (exact) mass is 227 g/mol. The number of benzene rings is 1. The number of hydrogen-bond donors (Lipinski definition) is 0. The van der Waals surface area contributed by atoms with E-state index in [1.54, 1.807) is 0 Å². The van der Waals surface area contributed by atoms with Gasteiger partial charge in [-0.2, -0.15) is 0 Å². The smallest absolute Gasteiger partial charge is 0.168 e. The number of hydrogen-bond acceptors (Lipinski definition) is 2. The van der Waals surface area contributed by atoms with Gasteiger partial charge in [0.1, 0.15) is 0 Å². The van der Waals surface area contributed by atoms with Gasteiger partial charge in [0.2, 0.25) is 0 Å². The molecule has 0 fully saturated rings. The quantitative estimate of drug-likeness (QED) is 0.682. The van der Waals surface area contributed by atoms with Crippen molar-refractivity contribution in [3.05, 3.63) is 34.0 Å². The highest BCUT2D eigenvalue weighted by atomic mass is 15.4. The van der Waals surface area contributed by atoms with E-state index in [4.69, 9.17) is 0 Å². The molecule has 2 aromatic rings. The topological polar surface area (TPSA) is 30.7 Å². The maximum Gasteiger partial charge on any atom is 0.168 e. The van der Waals surface area contributed by atoms with Gasteiger partial charge in [0.05, 0.1) is 5.69 Å². The van der Waals surface area contributed by atoms with E-state index in [1.165, 1.54) is 33.5 Å². The van der Waals surface area contributed by atoms with Crippen LogP contribution in [0.4, 0.5) is 0 Å². The Hall–Kier alpha value is -1.58. The van der Waals surface area contributed by atoms with Gasteiger partial charge < -0.3 is 0 Å². The van der Waals surface area contributed by atoms with Crippen LogP contribution in [0.5, 0.6) is 0 Å². The lowest BCUT2D eigenvalue weighted by atomic mass is 9.93. The van der Waals surface area contributed by atoms with Crippen molar-refractivity contribution in [1.29, 1.82) is 0 Å². The van der Waals surface area contributed by atoms with Gasteiger partial charge in [0.15, 0.2) is 7.85 Å². The van der Waals surface area contributed by atoms with Crippen LogP contribution in [0.15, 0.2) is 6.20 Å². The van der Waals surface area contributed by atoms with E-state index >= 15 is 0 Å². The Balaban J connectivity index is 2.78. The third-order valence-electron chi connectivity index (χ3n) is 3.80. The Morgan fingerprint density at radius 3 is 1.76 bits per heavy atom. The summed E-state index contributed by atoms with van der Waals surface area (Å²) >= 11 is 0. The molecule has 0 N–H and O–H groups in total. The molecule has 88 valence electrons. The third kappa shape index (κ3) is 1.77. The second-order valence-electron chi connectivity index (χ2n) is 4.78. The normalized spacial score (nSPS) is 10.9. The molecule has 1 aromatic heterocycles. The minimum atomic E-state index is 0.944. The van der Waals surface area contributed by atoms with Crippen LogP contribution in [0, 0.1) is 34.6 Å². The molecule has 1 aromatic carbocycles. The Bertz CT molecular complexity index is 556. The van der Waals surface area contributed by atoms with Crippen molar-refractivity contribution in [2.24, 2.45) is 0 Å². The lowest BCUT2D eigenvalue weighted by Crippen LogP contribution is -2.07. The van der Waals surface area contributed by atoms with Crippen LogP contribution in [-0.2, 0) is 0 Å². The van der Waals surface area contributed by atoms with E-state index in [9.17, 15) is 0 Å². The van der Waals surface area contributed by atoms with Crippen molar-refractivity contribution in [2.45, 2.75) is 34.6 Å². The predicted molar refractivity (Wildman–Crippen MR) is 73.2 cm³/mol. The summed E-state index contributed by atoms with van der Waals surface area (Å²) in [6.07, 6.45) is 1.98. The Morgan fingerprint density at radius 2 is 1.35 bits per heavy atom. The molecule has 1 heterocycles. The molecule has 0 aliphatic heterocycles. The molecule has 3 nitrogen and oxygen atoms in total. The summed E-state index contributed by atoms with van der Waals surface area (Å²) in [5, 5.41) is 8.26. The zero-order valence-corrected chi connectivity index (χ0v) is 11.4. The van der Waals surface area contributed by atoms with Gasteiger partial charge >= 0.3 is 0 Å². The van der Waals surface area contributed by atoms with Gasteiger partial charge in [0, 0.05) is 11.8 Å². The van der Waals surface area contributed by atoms with E-state index in [0.29, 0.717) is 0 Å². The van der Waals surface area contributed by atoms with E-state index in [2.05, 4.69) is 44.9 Å². The van der Waals surface area contributed by atoms with Gasteiger partial charge in [-0.25, -0.2) is 4.68 Å². The minimum Gasteiger partial charge on any atom is -0.221 e. The van der Waals surface area contributed by atoms with Crippen LogP contribution in [0.2, 0.25) is 0 Å². The van der Waals surface area contributed by atoms with Crippen molar-refractivity contribution in [3.63, 3.8) is 0 Å². The maximum absolute atomic E-state index is 4.19. The molecule has 0 bridgehead atoms. The van der Waals surface area contributed by atoms with Crippen molar-refractivity contribution in [3.8, 4) is 5.69 Å². The van der Waals surface area contributed by atoms with Crippen molar-refractivity contribution >= 4 is 13.4 Å². The van der Waals surface area contributed by atoms with Crippen LogP contribution in [-0.4, -0.2) is 22.8 Å². The molecule has 0 amide bonds. The average molecular weight is 227 g/mol. The Labute approximate surface area is 103 Å². The standard InChI is InChI=1S/C13H18BN3/c1-7-8(2)10(4)13(11(5)9(7)3)17-6-12(14)15-16-17/h6H,14H2,1-5H3. The lowest BCUT2D eigenvalue weighted by Gasteiger charge is -2.17. The molecular formula is C13H18BN3. The first-order valence-corrected chi connectivity index (χ1v) is 5.89. The SMILES string of the molecule is Bc1cn(-c2c(C)c(C)c(C)c(C)c2C)nn1. The summed E-state index contributed by atoms with van der Waals surface area (Å²) in [4.78, 5) is 0. The first kappa shape index (κ1) is 11.9. The fourth-order valence-electron chi connectivity index (χ4n) is 2.28. The molecule has 0 unspecified atom stereocenters. The second kappa shape index (κ2) is 4.02. The van der Waals surface area contributed by atoms with Crippen molar-refractivity contribution < 1.29 is 0 Å². The molecule has 0 aliphatic carbocycles. The summed E-state index contributed by atoms with van der Waals surface area (Å²) < 4.78 is 1.89. The molecule has 17 heavy (non-hydrogen) atoms. The summed E-state index contributed by atoms with van der Waals surface area (Å²) in [6, 6.07) is 0. The fraction of sp³-hybridized carbons (Fsp3) is 0.385. The third-order valence-corrected chi connectivity index (χ3v) is 3.80. The van der Waals surface area contributed by atoms with Gasteiger partial charge in [-0.1, -0.05) is 5.21 Å². The summed E-state index contributed by atoms with van der Waals surface area (Å²) in [6.45, 7) is 10.8. The number of nitrogens with zero attached hydrogens (tertiary/aromatic N) is 3. The first-order chi connectivity index (χ1) is 7.93. The Kier molecular flexibility index (Phi) is 2.81. The molecule has 0 radical (unpaired) electrons. The largest absolute Gasteiger partial charge is 0.221 e. The molecule has 0 saturated carbocycles. The summed E-state index contributed by atoms with van der Waals surface area (Å²) in [5.74, 6) is 0. The second-order valence-corrected chi connectivity index (χ2v) is 4.78. The zero-order valence-electron chi connectivity index (χ0n) is 11.4. The molecule has 4 heteroatoms. The molecular weight excluding hydrogens is 209 g/mol. The molecule has 2 rings (SSSR count). The Morgan fingerprint density at radius 1 is 0.882 bits per heavy atom. The van der Waals surface area contributed by atoms with Crippen LogP contribution in [0.3, 0.4) is 0 Å². The van der Waals surface area contributed by atoms with Gasteiger partial charge in [0.25, 0.3) is 0 Å². The zero-order chi connectivity index (χ0) is 12.7. The summed E-state index contributed by atoms with van der Waals surface area (Å²) in [5.41, 5.74) is 8.75. The van der Waals surface area contributed by atoms with Crippen LogP contribution in [0.1, 0.15) is 27.8 Å². The number of rotatable bonds is 1. The highest BCUT2D eigenvalue weighted by Crippen LogP contribution is 2.27. The van der Waals surface area contributed by atoms with Crippen LogP contribution >= 0.6 is 0 Å². The number of aromatic nitrogens is 3. The highest BCUT2D eigenvalue weighted by molar-refractivity contribution is 6.30. The van der Waals surface area contributed by atoms with Crippen molar-refractivity contribution in [2.75, 3.05) is 0 Å². The van der Waals surface area contributed by atoms with Gasteiger partial charge in [-0.15, -0.1) is 5.10 Å². The van der Waals surface area contributed by atoms with E-state index in [0.717, 1.165) is 5.59 Å². The van der Waals surface area contributed by atoms with Crippen LogP contribution in [0.25, 0.3) is 5.69 Å². The molecule has 0 saturated heterocycles. The van der Waals surface area contributed by atoms with E-state index < -0.39 is 0 Å². The van der Waals surface area contributed by atoms with Gasteiger partial charge in [-0.05, 0) is 62.4 Å². The fourth-order valence-corrected chi connectivity index (χ4v) is 2.28. The molecule has 0 aliphatic rings. The van der Waals surface area contributed by atoms with Gasteiger partial charge in [-0.3, -0.25) is 0 Å². The van der Waals surface area contributed by atoms with Crippen molar-refractivity contribution in [1.82, 2.24) is 15.0 Å². The minimum absolute atomic E-state index is 0.944. The first-order valence-electron chi connectivity index (χ1n) is 5.89. The summed E-state index contributed by atoms with van der Waals surface area (Å²) in [7, 11) is 1.96. The lowest BCUT2D eigenvalue weighted by molar-refractivity contribution is 0.791. The maximum atomic E-state index is 4.19. The van der Waals surface area contributed by atoms with E-state index in [-0.39, 0.29) is 0 Å². The van der Waals surface area contributed by atoms with Crippen LogP contribution < -0.4 is 5.59 Å². The average Bonchev–Trinajstić information content (AvgIpc) is 2.71. The van der Waals surface area contributed by atoms with E-state index in [1.807, 2.05) is 18.7 Å². The highest BCUT2D eigenvalue weighted by Gasteiger charge is 2.14. The molecule has 0 spiro atoms. The predicted octanol–water partition coefficient (Wildman–Crippen LogP) is 1.07. The molecule has 0 atom stereocenters.